The molecule has 0 bridgehead atoms. The highest BCUT2D eigenvalue weighted by molar-refractivity contribution is 9.10. The van der Waals surface area contributed by atoms with Crippen LogP contribution in [-0.4, -0.2) is 22.5 Å². The molecule has 1 N–H and O–H groups in total. The van der Waals surface area contributed by atoms with E-state index in [2.05, 4.69) is 21.2 Å². The summed E-state index contributed by atoms with van der Waals surface area (Å²) in [5.74, 6) is 1.56. The molecule has 1 amide bonds. The summed E-state index contributed by atoms with van der Waals surface area (Å²) in [6.45, 7) is 2.61. The van der Waals surface area contributed by atoms with E-state index in [-0.39, 0.29) is 12.5 Å². The van der Waals surface area contributed by atoms with Crippen LogP contribution in [0.15, 0.2) is 44.9 Å². The van der Waals surface area contributed by atoms with E-state index in [1.165, 1.54) is 4.90 Å². The van der Waals surface area contributed by atoms with Crippen LogP contribution in [-0.2, 0) is 11.4 Å². The van der Waals surface area contributed by atoms with Gasteiger partial charge in [0, 0.05) is 17.1 Å². The largest absolute Gasteiger partial charge is 0.484 e. The van der Waals surface area contributed by atoms with Gasteiger partial charge in [0.25, 0.3) is 5.91 Å². The van der Waals surface area contributed by atoms with Gasteiger partial charge in [0.15, 0.2) is 5.11 Å². The number of amides is 1. The second kappa shape index (κ2) is 7.59. The Labute approximate surface area is 163 Å². The molecule has 0 atom stereocenters. The van der Waals surface area contributed by atoms with Gasteiger partial charge in [-0.1, -0.05) is 27.5 Å². The highest BCUT2D eigenvalue weighted by Crippen LogP contribution is 2.28. The molecule has 3 rings (SSSR count). The van der Waals surface area contributed by atoms with Crippen molar-refractivity contribution in [1.82, 2.24) is 10.2 Å². The quantitative estimate of drug-likeness (QED) is 0.552. The number of likely N-dealkylation sites (N-methyl/N-ethyl adjacent to an activating group) is 1. The Balaban J connectivity index is 1.68. The predicted octanol–water partition coefficient (Wildman–Crippen LogP) is 4.35. The topological polar surface area (TPSA) is 54.7 Å². The highest BCUT2D eigenvalue weighted by atomic mass is 79.9. The Morgan fingerprint density at radius 1 is 1.40 bits per heavy atom. The molecule has 0 radical (unpaired) electrons. The summed E-state index contributed by atoms with van der Waals surface area (Å²) in [7, 11) is 0. The zero-order valence-electron chi connectivity index (χ0n) is 13.2. The van der Waals surface area contributed by atoms with Crippen LogP contribution in [0, 0.1) is 0 Å². The molecule has 5 nitrogen and oxygen atoms in total. The summed E-state index contributed by atoms with van der Waals surface area (Å²) >= 11 is 14.6. The van der Waals surface area contributed by atoms with E-state index >= 15 is 0 Å². The fourth-order valence-corrected chi connectivity index (χ4v) is 3.34. The van der Waals surface area contributed by atoms with Crippen molar-refractivity contribution in [2.45, 2.75) is 13.5 Å². The molecule has 1 saturated heterocycles. The van der Waals surface area contributed by atoms with Crippen molar-refractivity contribution in [3.05, 3.63) is 57.0 Å². The molecule has 0 aliphatic carbocycles. The zero-order valence-corrected chi connectivity index (χ0v) is 16.4. The fourth-order valence-electron chi connectivity index (χ4n) is 2.29. The summed E-state index contributed by atoms with van der Waals surface area (Å²) < 4.78 is 12.2. The normalized spacial score (nSPS) is 15.8. The van der Waals surface area contributed by atoms with Crippen LogP contribution < -0.4 is 10.1 Å². The number of nitrogens with one attached hydrogen (secondary N) is 1. The van der Waals surface area contributed by atoms with Gasteiger partial charge < -0.3 is 14.5 Å². The molecule has 0 unspecified atom stereocenters. The Hall–Kier alpha value is -1.83. The smallest absolute Gasteiger partial charge is 0.276 e. The Morgan fingerprint density at radius 3 is 2.88 bits per heavy atom. The lowest BCUT2D eigenvalue weighted by Crippen LogP contribution is -2.30. The van der Waals surface area contributed by atoms with Crippen LogP contribution >= 0.6 is 39.7 Å². The van der Waals surface area contributed by atoms with Gasteiger partial charge in [0.2, 0.25) is 0 Å². The van der Waals surface area contributed by atoms with Crippen LogP contribution in [0.3, 0.4) is 0 Å². The van der Waals surface area contributed by atoms with Gasteiger partial charge in [-0.05, 0) is 49.5 Å². The maximum absolute atomic E-state index is 12.2. The number of carbonyl (C=O) groups is 1. The highest BCUT2D eigenvalue weighted by Gasteiger charge is 2.29. The van der Waals surface area contributed by atoms with E-state index in [9.17, 15) is 4.79 Å². The van der Waals surface area contributed by atoms with E-state index in [0.717, 1.165) is 4.47 Å². The van der Waals surface area contributed by atoms with Gasteiger partial charge in [0.05, 0.1) is 5.02 Å². The number of ether oxygens (including phenoxy) is 1. The van der Waals surface area contributed by atoms with Crippen molar-refractivity contribution in [2.75, 3.05) is 6.54 Å². The van der Waals surface area contributed by atoms with Crippen LogP contribution in [0.5, 0.6) is 5.75 Å². The molecule has 1 fully saturated rings. The monoisotopic (exact) mass is 440 g/mol. The Morgan fingerprint density at radius 2 is 2.20 bits per heavy atom. The molecular formula is C17H14BrClN2O3S. The minimum Gasteiger partial charge on any atom is -0.484 e. The fraction of sp³-hybridized carbons (Fsp3) is 0.176. The molecule has 2 aromatic rings. The van der Waals surface area contributed by atoms with Gasteiger partial charge in [-0.15, -0.1) is 0 Å². The number of benzene rings is 1. The standard InChI is InChI=1S/C17H14BrClN2O3S/c1-2-21-16(22)14(20-17(21)25)8-11-4-5-12(24-11)9-23-15-6-3-10(18)7-13(15)19/h3-8H,2,9H2,1H3,(H,20,25)/b14-8+. The lowest BCUT2D eigenvalue weighted by atomic mass is 10.3. The van der Waals surface area contributed by atoms with Crippen molar-refractivity contribution in [3.8, 4) is 5.75 Å². The average Bonchev–Trinajstić information content (AvgIpc) is 3.11. The molecule has 8 heteroatoms. The third kappa shape index (κ3) is 4.05. The van der Waals surface area contributed by atoms with Crippen LogP contribution in [0.2, 0.25) is 5.02 Å². The van der Waals surface area contributed by atoms with Crippen LogP contribution in [0.4, 0.5) is 0 Å². The molecular weight excluding hydrogens is 428 g/mol. The van der Waals surface area contributed by atoms with E-state index in [0.29, 0.717) is 39.6 Å². The van der Waals surface area contributed by atoms with E-state index in [1.54, 1.807) is 30.3 Å². The van der Waals surface area contributed by atoms with Crippen molar-refractivity contribution in [2.24, 2.45) is 0 Å². The first-order chi connectivity index (χ1) is 12.0. The van der Waals surface area contributed by atoms with Crippen LogP contribution in [0.1, 0.15) is 18.4 Å². The Kier molecular flexibility index (Phi) is 5.46. The number of furan rings is 1. The predicted molar refractivity (Wildman–Crippen MR) is 103 cm³/mol. The van der Waals surface area contributed by atoms with Crippen molar-refractivity contribution >= 4 is 56.8 Å². The first-order valence-electron chi connectivity index (χ1n) is 7.49. The number of nitrogens with zero attached hydrogens (tertiary/aromatic N) is 1. The second-order valence-electron chi connectivity index (χ2n) is 5.21. The third-order valence-electron chi connectivity index (χ3n) is 3.51. The molecule has 0 spiro atoms. The third-order valence-corrected chi connectivity index (χ3v) is 4.62. The Bertz CT molecular complexity index is 865. The number of carbonyl (C=O) groups excluding carboxylic acids is 1. The first-order valence-corrected chi connectivity index (χ1v) is 9.07. The molecule has 2 heterocycles. The van der Waals surface area contributed by atoms with Gasteiger partial charge >= 0.3 is 0 Å². The lowest BCUT2D eigenvalue weighted by Gasteiger charge is -2.08. The molecule has 1 aliphatic heterocycles. The van der Waals surface area contributed by atoms with Crippen LogP contribution in [0.25, 0.3) is 6.08 Å². The summed E-state index contributed by atoms with van der Waals surface area (Å²) in [4.78, 5) is 13.6. The average molecular weight is 442 g/mol. The van der Waals surface area contributed by atoms with E-state index in [4.69, 9.17) is 33.0 Å². The van der Waals surface area contributed by atoms with E-state index in [1.807, 2.05) is 13.0 Å². The molecule has 25 heavy (non-hydrogen) atoms. The maximum Gasteiger partial charge on any atom is 0.276 e. The van der Waals surface area contributed by atoms with Gasteiger partial charge in [-0.25, -0.2) is 0 Å². The summed E-state index contributed by atoms with van der Waals surface area (Å²) in [5, 5.41) is 3.80. The molecule has 0 saturated carbocycles. The number of rotatable bonds is 5. The summed E-state index contributed by atoms with van der Waals surface area (Å²) in [6.07, 6.45) is 1.63. The number of hydrogen-bond acceptors (Lipinski definition) is 4. The SMILES string of the molecule is CCN1C(=O)/C(=C\c2ccc(COc3ccc(Br)cc3Cl)o2)NC1=S. The van der Waals surface area contributed by atoms with Crippen molar-refractivity contribution in [1.29, 1.82) is 0 Å². The lowest BCUT2D eigenvalue weighted by molar-refractivity contribution is -0.122. The van der Waals surface area contributed by atoms with Gasteiger partial charge in [-0.2, -0.15) is 0 Å². The zero-order chi connectivity index (χ0) is 18.0. The molecule has 1 aliphatic rings. The second-order valence-corrected chi connectivity index (χ2v) is 6.91. The number of thiocarbonyl (C=S) groups is 1. The summed E-state index contributed by atoms with van der Waals surface area (Å²) in [6, 6.07) is 8.93. The van der Waals surface area contributed by atoms with Crippen molar-refractivity contribution < 1.29 is 13.9 Å². The van der Waals surface area contributed by atoms with E-state index < -0.39 is 0 Å². The molecule has 1 aromatic heterocycles. The molecule has 130 valence electrons. The van der Waals surface area contributed by atoms with Gasteiger partial charge in [-0.3, -0.25) is 9.69 Å². The first kappa shape index (κ1) is 18.0. The summed E-state index contributed by atoms with van der Waals surface area (Å²) in [5.41, 5.74) is 0.393. The number of hydrogen-bond donors (Lipinski definition) is 1. The van der Waals surface area contributed by atoms with Crippen molar-refractivity contribution in [3.63, 3.8) is 0 Å². The maximum atomic E-state index is 12.2. The minimum absolute atomic E-state index is 0.164. The minimum atomic E-state index is -0.164. The number of halogens is 2. The molecule has 1 aromatic carbocycles. The van der Waals surface area contributed by atoms with Gasteiger partial charge in [0.1, 0.15) is 29.6 Å².